The summed E-state index contributed by atoms with van der Waals surface area (Å²) < 4.78 is 57.0. The van der Waals surface area contributed by atoms with Crippen LogP contribution in [0.5, 0.6) is 40.2 Å². The number of likely N-dealkylation sites (tertiary alicyclic amines) is 1. The number of carbonyl (C=O) groups excluding carboxylic acids is 3. The highest BCUT2D eigenvalue weighted by Gasteiger charge is 2.33. The zero-order valence-electron chi connectivity index (χ0n) is 54.0. The Morgan fingerprint density at radius 3 is 1.62 bits per heavy atom. The zero-order valence-corrected chi connectivity index (χ0v) is 54.0. The van der Waals surface area contributed by atoms with E-state index in [2.05, 4.69) is 44.4 Å². The lowest BCUT2D eigenvalue weighted by Gasteiger charge is -2.34. The van der Waals surface area contributed by atoms with Gasteiger partial charge in [-0.1, -0.05) is 25.2 Å². The summed E-state index contributed by atoms with van der Waals surface area (Å²) in [6.45, 7) is 25.8. The number of nitrogens with zero attached hydrogens (tertiary/aromatic N) is 8. The van der Waals surface area contributed by atoms with Gasteiger partial charge >= 0.3 is 6.09 Å². The number of aromatic amines is 2. The molecule has 24 heteroatoms. The standard InChI is InChI=1S/C31H32N6O5.C26H22N4O6.C11H21NO2.2CH4/c1-15-14-37(9-8-32-15)31(38)20-7-6-19(28-29(20)41-11-10-40-28)27-26-21-13-24(39-5)22(25-16(2)36-42-17(25)3)12-23(21)35-30(26)34-18(4)33-27;1-12-21(13(2)36-30-12)17-9-18-16(10-20(17)32-4)22-23(27-14(3)28-26(22)29-18)15-5-6-19(35-11-31)25-24(15)33-7-8-34-25;1-9-7-5-6-8-12(9)10(13)14-11(2,3)4;;/h6-7,12-13,15,32H,8-11,14H2,1-5H3,(H,33,34,35);5-6,9-11H,7-8H2,1-4H3,(H,27,28,29);9H,5-8H2,1-4H3;2*1H4/t15-;;9-;;/m0.0../s1. The van der Waals surface area contributed by atoms with Gasteiger partial charge in [0.25, 0.3) is 12.4 Å². The van der Waals surface area contributed by atoms with Crippen molar-refractivity contribution in [1.29, 1.82) is 0 Å². The molecule has 2 fully saturated rings. The summed E-state index contributed by atoms with van der Waals surface area (Å²) in [5.74, 6) is 5.98. The summed E-state index contributed by atoms with van der Waals surface area (Å²) in [5, 5.41) is 15.0. The lowest BCUT2D eigenvalue weighted by molar-refractivity contribution is -0.120. The molecule has 6 aromatic heterocycles. The van der Waals surface area contributed by atoms with Gasteiger partial charge in [0.1, 0.15) is 78.0 Å². The average Bonchev–Trinajstić information content (AvgIpc) is 1.52. The highest BCUT2D eigenvalue weighted by atomic mass is 16.6. The zero-order chi connectivity index (χ0) is 64.9. The van der Waals surface area contributed by atoms with Crippen LogP contribution < -0.4 is 38.5 Å². The number of H-pyrrole nitrogens is 2. The largest absolute Gasteiger partial charge is 0.496 e. The van der Waals surface area contributed by atoms with Gasteiger partial charge in [-0.25, -0.2) is 24.7 Å². The van der Waals surface area contributed by atoms with E-state index >= 15 is 0 Å². The molecule has 2 atom stereocenters. The normalized spacial score (nSPS) is 15.9. The molecule has 0 saturated carbocycles. The number of piperidine rings is 1. The number of hydrogen-bond acceptors (Lipinski definition) is 20. The first-order chi connectivity index (χ1) is 44.2. The smallest absolute Gasteiger partial charge is 0.410 e. The maximum atomic E-state index is 13.6. The summed E-state index contributed by atoms with van der Waals surface area (Å²) in [6.07, 6.45) is 3.26. The topological polar surface area (TPSA) is 279 Å². The molecule has 24 nitrogen and oxygen atoms in total. The number of methoxy groups -OCH3 is 2. The van der Waals surface area contributed by atoms with E-state index in [0.717, 1.165) is 97.7 Å². The first-order valence-corrected chi connectivity index (χ1v) is 30.8. The van der Waals surface area contributed by atoms with Crippen molar-refractivity contribution in [2.45, 2.75) is 128 Å². The van der Waals surface area contributed by atoms with Crippen LogP contribution in [0.3, 0.4) is 0 Å². The Morgan fingerprint density at radius 2 is 1.14 bits per heavy atom. The van der Waals surface area contributed by atoms with E-state index in [-0.39, 0.29) is 44.2 Å². The van der Waals surface area contributed by atoms with Gasteiger partial charge in [-0.15, -0.1) is 0 Å². The number of rotatable bonds is 9. The van der Waals surface area contributed by atoms with Crippen LogP contribution in [-0.4, -0.2) is 153 Å². The van der Waals surface area contributed by atoms with Gasteiger partial charge in [0.05, 0.1) is 64.5 Å². The number of carbonyl (C=O) groups is 3. The Kier molecular flexibility index (Phi) is 19.4. The molecule has 3 N–H and O–H groups in total. The van der Waals surface area contributed by atoms with Gasteiger partial charge < -0.3 is 72.0 Å². The Hall–Kier alpha value is -9.97. The third-order valence-corrected chi connectivity index (χ3v) is 16.7. The van der Waals surface area contributed by atoms with E-state index in [1.807, 2.05) is 115 Å². The summed E-state index contributed by atoms with van der Waals surface area (Å²) in [4.78, 5) is 66.0. The van der Waals surface area contributed by atoms with Gasteiger partial charge in [0.15, 0.2) is 23.0 Å². The van der Waals surface area contributed by atoms with Crippen molar-refractivity contribution in [1.82, 2.24) is 55.3 Å². The molecule has 10 aromatic rings. The molecular weight excluding hydrogens is 1200 g/mol. The van der Waals surface area contributed by atoms with Crippen LogP contribution in [0.2, 0.25) is 0 Å². The third-order valence-electron chi connectivity index (χ3n) is 16.7. The molecule has 14 rings (SSSR count). The third kappa shape index (κ3) is 12.8. The van der Waals surface area contributed by atoms with Crippen molar-refractivity contribution < 1.29 is 61.3 Å². The molecule has 10 heterocycles. The van der Waals surface area contributed by atoms with Crippen LogP contribution >= 0.6 is 0 Å². The molecule has 0 radical (unpaired) electrons. The SMILES string of the molecule is C.C.COc1cc2c(cc1-c1c(C)noc1C)[nH]c1nc(C)nc(-c3ccc(C(=O)N4CCN[C@@H](C)C4)c4c3OCCO4)c12.COc1cc2c(cc1-c1c(C)noc1C)[nH]c1nc(C)nc(-c3ccc(OC=O)c4c3OCCO4)c12.C[C@H]1CCCCN1C(=O)OC(C)(C)C. The monoisotopic (exact) mass is 1290 g/mol. The predicted molar refractivity (Wildman–Crippen MR) is 358 cm³/mol. The van der Waals surface area contributed by atoms with Gasteiger partial charge in [-0.3, -0.25) is 9.59 Å². The Bertz CT molecular complexity index is 4460. The van der Waals surface area contributed by atoms with Crippen molar-refractivity contribution in [3.63, 3.8) is 0 Å². The Morgan fingerprint density at radius 1 is 0.628 bits per heavy atom. The minimum atomic E-state index is -0.381. The number of amides is 2. The summed E-state index contributed by atoms with van der Waals surface area (Å²) in [5.41, 5.74) is 11.1. The molecule has 4 aliphatic rings. The van der Waals surface area contributed by atoms with Crippen molar-refractivity contribution in [2.75, 3.05) is 66.8 Å². The molecule has 0 aliphatic carbocycles. The highest BCUT2D eigenvalue weighted by molar-refractivity contribution is 6.16. The van der Waals surface area contributed by atoms with Crippen molar-refractivity contribution in [3.05, 3.63) is 88.7 Å². The van der Waals surface area contributed by atoms with E-state index < -0.39 is 0 Å². The van der Waals surface area contributed by atoms with Crippen LogP contribution in [0, 0.1) is 41.5 Å². The van der Waals surface area contributed by atoms with Crippen LogP contribution in [0.1, 0.15) is 114 Å². The minimum Gasteiger partial charge on any atom is -0.496 e. The lowest BCUT2D eigenvalue weighted by Crippen LogP contribution is -2.51. The molecule has 4 aliphatic heterocycles. The number of piperazine rings is 1. The first-order valence-electron chi connectivity index (χ1n) is 30.8. The quantitative estimate of drug-likeness (QED) is 0.113. The molecule has 496 valence electrons. The number of hydrogen-bond donors (Lipinski definition) is 3. The fourth-order valence-corrected chi connectivity index (χ4v) is 12.6. The van der Waals surface area contributed by atoms with Crippen LogP contribution in [0.25, 0.3) is 88.6 Å². The molecule has 94 heavy (non-hydrogen) atoms. The maximum Gasteiger partial charge on any atom is 0.410 e. The average molecular weight is 1290 g/mol. The molecule has 2 saturated heterocycles. The second-order valence-electron chi connectivity index (χ2n) is 24.4. The number of fused-ring (bicyclic) bond motifs is 8. The Labute approximate surface area is 545 Å². The number of aryl methyl sites for hydroxylation is 6. The second-order valence-corrected chi connectivity index (χ2v) is 24.4. The van der Waals surface area contributed by atoms with E-state index in [4.69, 9.17) is 61.9 Å². The van der Waals surface area contributed by atoms with E-state index in [1.165, 1.54) is 6.42 Å². The van der Waals surface area contributed by atoms with Crippen LogP contribution in [0.4, 0.5) is 4.79 Å². The summed E-state index contributed by atoms with van der Waals surface area (Å²) in [6, 6.07) is 15.8. The van der Waals surface area contributed by atoms with Gasteiger partial charge in [-0.2, -0.15) is 0 Å². The summed E-state index contributed by atoms with van der Waals surface area (Å²) >= 11 is 0. The second kappa shape index (κ2) is 27.3. The van der Waals surface area contributed by atoms with Crippen molar-refractivity contribution in [2.24, 2.45) is 0 Å². The first kappa shape index (κ1) is 66.9. The van der Waals surface area contributed by atoms with E-state index in [0.29, 0.717) is 144 Å². The molecule has 0 bridgehead atoms. The lowest BCUT2D eigenvalue weighted by atomic mass is 9.98. The molecule has 2 amide bonds. The molecule has 0 unspecified atom stereocenters. The van der Waals surface area contributed by atoms with Crippen LogP contribution in [-0.2, 0) is 9.53 Å². The summed E-state index contributed by atoms with van der Waals surface area (Å²) in [7, 11) is 3.28. The Balaban J connectivity index is 0.000000169. The number of aromatic nitrogens is 8. The van der Waals surface area contributed by atoms with Crippen molar-refractivity contribution >= 4 is 62.3 Å². The molecule has 4 aromatic carbocycles. The number of benzene rings is 4. The number of nitrogens with one attached hydrogen (secondary N) is 3. The maximum absolute atomic E-state index is 13.6. The van der Waals surface area contributed by atoms with Crippen LogP contribution in [0.15, 0.2) is 57.6 Å². The van der Waals surface area contributed by atoms with Gasteiger partial charge in [0, 0.05) is 82.3 Å². The van der Waals surface area contributed by atoms with Gasteiger partial charge in [-0.05, 0) is 144 Å². The minimum absolute atomic E-state index is 0. The molecular formula is C70H83N11O13. The van der Waals surface area contributed by atoms with E-state index in [1.54, 1.807) is 20.3 Å². The predicted octanol–water partition coefficient (Wildman–Crippen LogP) is 13.3. The number of ether oxygens (including phenoxy) is 8. The fraction of sp³-hybridized carbons (Fsp3) is 0.414. The molecule has 0 spiro atoms. The fourth-order valence-electron chi connectivity index (χ4n) is 12.6. The van der Waals surface area contributed by atoms with Gasteiger partial charge in [0.2, 0.25) is 5.75 Å². The highest BCUT2D eigenvalue weighted by Crippen LogP contribution is 2.50. The van der Waals surface area contributed by atoms with Crippen molar-refractivity contribution in [3.8, 4) is 85.0 Å². The van der Waals surface area contributed by atoms with E-state index in [9.17, 15) is 14.4 Å².